The van der Waals surface area contributed by atoms with Crippen LogP contribution >= 0.6 is 0 Å². The zero-order valence-electron chi connectivity index (χ0n) is 7.54. The van der Waals surface area contributed by atoms with Crippen molar-refractivity contribution in [3.63, 3.8) is 0 Å². The van der Waals surface area contributed by atoms with Gasteiger partial charge in [0.05, 0.1) is 6.61 Å². The van der Waals surface area contributed by atoms with Crippen molar-refractivity contribution in [2.24, 2.45) is 5.41 Å². The summed E-state index contributed by atoms with van der Waals surface area (Å²) in [7, 11) is 0. The van der Waals surface area contributed by atoms with Crippen LogP contribution < -0.4 is 0 Å². The minimum absolute atomic E-state index is 0.197. The van der Waals surface area contributed by atoms with Crippen molar-refractivity contribution in [2.75, 3.05) is 6.61 Å². The second-order valence-electron chi connectivity index (χ2n) is 3.23. The predicted molar refractivity (Wildman–Crippen MR) is 44.0 cm³/mol. The monoisotopic (exact) mass is 184 g/mol. The molecule has 4 heteroatoms. The smallest absolute Gasteiger partial charge is 0.319 e. The van der Waals surface area contributed by atoms with Crippen LogP contribution in [0.1, 0.15) is 26.2 Å². The molecule has 0 radical (unpaired) electrons. The first-order valence-electron chi connectivity index (χ1n) is 4.25. The molecule has 1 aliphatic rings. The maximum Gasteiger partial charge on any atom is 0.319 e. The Bertz CT molecular complexity index is 246. The number of hydrogen-bond acceptors (Lipinski definition) is 4. The van der Waals surface area contributed by atoms with Crippen molar-refractivity contribution < 1.29 is 19.1 Å². The van der Waals surface area contributed by atoms with Gasteiger partial charge in [-0.25, -0.2) is 0 Å². The summed E-state index contributed by atoms with van der Waals surface area (Å²) in [5.74, 6) is -0.668. The molecule has 0 aromatic carbocycles. The van der Waals surface area contributed by atoms with Crippen LogP contribution in [0.25, 0.3) is 0 Å². The summed E-state index contributed by atoms with van der Waals surface area (Å²) in [6, 6.07) is 0. The van der Waals surface area contributed by atoms with E-state index in [0.717, 1.165) is 6.29 Å². The van der Waals surface area contributed by atoms with Crippen LogP contribution in [-0.2, 0) is 19.1 Å². The maximum absolute atomic E-state index is 11.3. The minimum atomic E-state index is -1.03. The standard InChI is InChI=1S/C9H12O4/c1-7(11)9(3-2-5-10)4-6-13-8(9)12/h5H,2-4,6H2,1H3. The first-order chi connectivity index (χ1) is 6.13. The summed E-state index contributed by atoms with van der Waals surface area (Å²) < 4.78 is 4.75. The number of ether oxygens (including phenoxy) is 1. The van der Waals surface area contributed by atoms with Crippen molar-refractivity contribution in [1.82, 2.24) is 0 Å². The van der Waals surface area contributed by atoms with Gasteiger partial charge in [0, 0.05) is 12.8 Å². The summed E-state index contributed by atoms with van der Waals surface area (Å²) in [5.41, 5.74) is -1.03. The minimum Gasteiger partial charge on any atom is -0.465 e. The molecule has 0 bridgehead atoms. The van der Waals surface area contributed by atoms with E-state index >= 15 is 0 Å². The third-order valence-corrected chi connectivity index (χ3v) is 2.52. The molecule has 0 amide bonds. The molecule has 0 aliphatic carbocycles. The summed E-state index contributed by atoms with van der Waals surface area (Å²) in [6.07, 6.45) is 1.64. The van der Waals surface area contributed by atoms with E-state index in [-0.39, 0.29) is 25.2 Å². The molecule has 1 unspecified atom stereocenters. The van der Waals surface area contributed by atoms with Crippen molar-refractivity contribution in [1.29, 1.82) is 0 Å². The number of rotatable bonds is 4. The third kappa shape index (κ3) is 1.61. The SMILES string of the molecule is CC(=O)C1(CCC=O)CCOC1=O. The van der Waals surface area contributed by atoms with Crippen LogP contribution in [0.5, 0.6) is 0 Å². The van der Waals surface area contributed by atoms with Crippen LogP contribution in [0, 0.1) is 5.41 Å². The summed E-state index contributed by atoms with van der Waals surface area (Å²) in [6.45, 7) is 1.66. The van der Waals surface area contributed by atoms with Gasteiger partial charge in [-0.1, -0.05) is 0 Å². The number of hydrogen-bond donors (Lipinski definition) is 0. The van der Waals surface area contributed by atoms with Crippen LogP contribution in [-0.4, -0.2) is 24.6 Å². The Hall–Kier alpha value is -1.19. The number of ketones is 1. The first-order valence-corrected chi connectivity index (χ1v) is 4.25. The molecule has 1 heterocycles. The highest BCUT2D eigenvalue weighted by molar-refractivity contribution is 6.03. The van der Waals surface area contributed by atoms with E-state index < -0.39 is 11.4 Å². The van der Waals surface area contributed by atoms with Crippen LogP contribution in [0.4, 0.5) is 0 Å². The number of carbonyl (C=O) groups excluding carboxylic acids is 3. The molecule has 4 nitrogen and oxygen atoms in total. The van der Waals surface area contributed by atoms with Gasteiger partial charge in [-0.15, -0.1) is 0 Å². The van der Waals surface area contributed by atoms with Gasteiger partial charge < -0.3 is 9.53 Å². The predicted octanol–water partition coefficient (Wildman–Crippen LogP) is 0.488. The highest BCUT2D eigenvalue weighted by Gasteiger charge is 2.48. The highest BCUT2D eigenvalue weighted by atomic mass is 16.5. The number of Topliss-reactive ketones (excluding diaryl/α,β-unsaturated/α-hetero) is 1. The summed E-state index contributed by atoms with van der Waals surface area (Å²) in [4.78, 5) is 32.7. The quantitative estimate of drug-likeness (QED) is 0.362. The normalized spacial score (nSPS) is 27.0. The third-order valence-electron chi connectivity index (χ3n) is 2.52. The van der Waals surface area contributed by atoms with E-state index in [1.807, 2.05) is 0 Å². The van der Waals surface area contributed by atoms with Crippen molar-refractivity contribution in [2.45, 2.75) is 26.2 Å². The van der Waals surface area contributed by atoms with Crippen LogP contribution in [0.2, 0.25) is 0 Å². The summed E-state index contributed by atoms with van der Waals surface area (Å²) >= 11 is 0. The van der Waals surface area contributed by atoms with Gasteiger partial charge in [0.2, 0.25) is 0 Å². The fraction of sp³-hybridized carbons (Fsp3) is 0.667. The fourth-order valence-electron chi connectivity index (χ4n) is 1.59. The van der Waals surface area contributed by atoms with Gasteiger partial charge in [0.15, 0.2) is 0 Å². The van der Waals surface area contributed by atoms with Gasteiger partial charge >= 0.3 is 5.97 Å². The van der Waals surface area contributed by atoms with Crippen LogP contribution in [0.15, 0.2) is 0 Å². The average Bonchev–Trinajstić information content (AvgIpc) is 2.45. The lowest BCUT2D eigenvalue weighted by molar-refractivity contribution is -0.151. The Morgan fingerprint density at radius 1 is 1.69 bits per heavy atom. The van der Waals surface area contributed by atoms with E-state index in [9.17, 15) is 14.4 Å². The molecule has 1 rings (SSSR count). The molecular formula is C9H12O4. The van der Waals surface area contributed by atoms with Gasteiger partial charge in [-0.3, -0.25) is 9.59 Å². The molecule has 0 N–H and O–H groups in total. The second kappa shape index (κ2) is 3.68. The number of esters is 1. The van der Waals surface area contributed by atoms with Gasteiger partial charge in [0.25, 0.3) is 0 Å². The molecule has 1 fully saturated rings. The van der Waals surface area contributed by atoms with E-state index in [1.54, 1.807) is 0 Å². The number of cyclic esters (lactones) is 1. The molecular weight excluding hydrogens is 172 g/mol. The molecule has 1 atom stereocenters. The Kier molecular flexibility index (Phi) is 2.80. The van der Waals surface area contributed by atoms with Gasteiger partial charge in [-0.05, 0) is 13.3 Å². The van der Waals surface area contributed by atoms with E-state index in [4.69, 9.17) is 4.74 Å². The maximum atomic E-state index is 11.3. The Morgan fingerprint density at radius 3 is 2.77 bits per heavy atom. The second-order valence-corrected chi connectivity index (χ2v) is 3.23. The number of carbonyl (C=O) groups is 3. The topological polar surface area (TPSA) is 60.4 Å². The molecule has 0 aromatic heterocycles. The zero-order chi connectivity index (χ0) is 9.90. The molecule has 1 aliphatic heterocycles. The number of aldehydes is 1. The summed E-state index contributed by atoms with van der Waals surface area (Å²) in [5, 5.41) is 0. The Morgan fingerprint density at radius 2 is 2.38 bits per heavy atom. The van der Waals surface area contributed by atoms with Crippen LogP contribution in [0.3, 0.4) is 0 Å². The Labute approximate surface area is 76.3 Å². The largest absolute Gasteiger partial charge is 0.465 e. The van der Waals surface area contributed by atoms with Gasteiger partial charge in [-0.2, -0.15) is 0 Å². The fourth-order valence-corrected chi connectivity index (χ4v) is 1.59. The molecule has 1 saturated heterocycles. The van der Waals surface area contributed by atoms with Crippen molar-refractivity contribution in [3.05, 3.63) is 0 Å². The molecule has 13 heavy (non-hydrogen) atoms. The van der Waals surface area contributed by atoms with Crippen molar-refractivity contribution >= 4 is 18.0 Å². The lowest BCUT2D eigenvalue weighted by atomic mass is 9.78. The lowest BCUT2D eigenvalue weighted by Gasteiger charge is -2.19. The molecule has 72 valence electrons. The van der Waals surface area contributed by atoms with E-state index in [2.05, 4.69) is 0 Å². The highest BCUT2D eigenvalue weighted by Crippen LogP contribution is 2.35. The van der Waals surface area contributed by atoms with E-state index in [1.165, 1.54) is 6.92 Å². The molecule has 0 spiro atoms. The lowest BCUT2D eigenvalue weighted by Crippen LogP contribution is -2.34. The first kappa shape index (κ1) is 9.89. The molecule has 0 saturated carbocycles. The van der Waals surface area contributed by atoms with E-state index in [0.29, 0.717) is 6.42 Å². The molecule has 0 aromatic rings. The zero-order valence-corrected chi connectivity index (χ0v) is 7.54. The van der Waals surface area contributed by atoms with Gasteiger partial charge in [0.1, 0.15) is 17.5 Å². The average molecular weight is 184 g/mol. The Balaban J connectivity index is 2.80. The van der Waals surface area contributed by atoms with Crippen molar-refractivity contribution in [3.8, 4) is 0 Å².